The minimum absolute atomic E-state index is 0.250. The summed E-state index contributed by atoms with van der Waals surface area (Å²) in [6.45, 7) is 6.86. The van der Waals surface area contributed by atoms with Gasteiger partial charge in [-0.3, -0.25) is 0 Å². The summed E-state index contributed by atoms with van der Waals surface area (Å²) in [6, 6.07) is 0. The molecule has 0 fully saturated rings. The third-order valence-electron chi connectivity index (χ3n) is 3.22. The van der Waals surface area contributed by atoms with E-state index in [0.717, 1.165) is 24.2 Å². The van der Waals surface area contributed by atoms with Gasteiger partial charge in [-0.2, -0.15) is 0 Å². The molecule has 2 rings (SSSR count). The quantitative estimate of drug-likeness (QED) is 0.300. The van der Waals surface area contributed by atoms with Crippen LogP contribution in [0.1, 0.15) is 33.6 Å². The standard InChI is InChI=1S/C14H20N2O3.C2H6O/c1-3-4-12-10(2)6-15-13(12)8-18-9-16-11-5-14(17)19-7-11;1-2-3/h5-6,8,12,15-16H,3-4,7,9H2,1-2H3;3H,2H2,1H3/b13-8-;. The summed E-state index contributed by atoms with van der Waals surface area (Å²) in [4.78, 5) is 10.8. The highest BCUT2D eigenvalue weighted by Crippen LogP contribution is 2.27. The lowest BCUT2D eigenvalue weighted by molar-refractivity contribution is -0.135. The summed E-state index contributed by atoms with van der Waals surface area (Å²) in [6.07, 6.45) is 7.47. The molecule has 0 aromatic carbocycles. The first kappa shape index (κ1) is 18.1. The molecule has 0 saturated heterocycles. The van der Waals surface area contributed by atoms with E-state index >= 15 is 0 Å². The Hall–Kier alpha value is -1.95. The van der Waals surface area contributed by atoms with Crippen LogP contribution in [-0.2, 0) is 14.3 Å². The predicted molar refractivity (Wildman–Crippen MR) is 84.3 cm³/mol. The van der Waals surface area contributed by atoms with Crippen molar-refractivity contribution in [3.05, 3.63) is 35.5 Å². The molecule has 0 aromatic rings. The Bertz CT molecular complexity index is 455. The molecule has 0 saturated carbocycles. The molecule has 6 heteroatoms. The van der Waals surface area contributed by atoms with E-state index in [2.05, 4.69) is 24.5 Å². The molecule has 0 bridgehead atoms. The Labute approximate surface area is 131 Å². The number of nitrogens with one attached hydrogen (secondary N) is 2. The molecule has 22 heavy (non-hydrogen) atoms. The van der Waals surface area contributed by atoms with E-state index in [1.54, 1.807) is 13.2 Å². The Balaban J connectivity index is 0.000000745. The molecule has 0 aliphatic carbocycles. The van der Waals surface area contributed by atoms with E-state index in [4.69, 9.17) is 14.6 Å². The average molecular weight is 310 g/mol. The summed E-state index contributed by atoms with van der Waals surface area (Å²) in [5.74, 6) is 0.127. The van der Waals surface area contributed by atoms with E-state index in [1.807, 2.05) is 6.20 Å². The van der Waals surface area contributed by atoms with Crippen molar-refractivity contribution in [2.75, 3.05) is 19.9 Å². The maximum Gasteiger partial charge on any atom is 0.333 e. The number of esters is 1. The lowest BCUT2D eigenvalue weighted by Gasteiger charge is -2.13. The molecule has 1 atom stereocenters. The average Bonchev–Trinajstić information content (AvgIpc) is 3.04. The van der Waals surface area contributed by atoms with Crippen molar-refractivity contribution < 1.29 is 19.4 Å². The van der Waals surface area contributed by atoms with Gasteiger partial charge >= 0.3 is 5.97 Å². The van der Waals surface area contributed by atoms with E-state index < -0.39 is 0 Å². The lowest BCUT2D eigenvalue weighted by Crippen LogP contribution is -2.17. The predicted octanol–water partition coefficient (Wildman–Crippen LogP) is 1.75. The number of rotatable bonds is 6. The van der Waals surface area contributed by atoms with Gasteiger partial charge in [-0.05, 0) is 25.8 Å². The number of carbonyl (C=O) groups is 1. The van der Waals surface area contributed by atoms with Crippen LogP contribution in [0.25, 0.3) is 0 Å². The highest BCUT2D eigenvalue weighted by Gasteiger charge is 2.20. The molecule has 0 spiro atoms. The fourth-order valence-corrected chi connectivity index (χ4v) is 2.17. The second-order valence-electron chi connectivity index (χ2n) is 5.03. The molecule has 1 unspecified atom stereocenters. The minimum atomic E-state index is -0.304. The van der Waals surface area contributed by atoms with Gasteiger partial charge in [0.25, 0.3) is 0 Å². The number of aliphatic hydroxyl groups excluding tert-OH is 1. The molecule has 124 valence electrons. The number of cyclic esters (lactones) is 1. The first-order chi connectivity index (χ1) is 10.6. The Morgan fingerprint density at radius 3 is 2.86 bits per heavy atom. The van der Waals surface area contributed by atoms with Crippen molar-refractivity contribution in [2.45, 2.75) is 33.6 Å². The van der Waals surface area contributed by atoms with Crippen LogP contribution in [0.5, 0.6) is 0 Å². The zero-order valence-electron chi connectivity index (χ0n) is 13.5. The molecule has 0 aromatic heterocycles. The molecule has 0 radical (unpaired) electrons. The van der Waals surface area contributed by atoms with Crippen molar-refractivity contribution in [2.24, 2.45) is 5.92 Å². The van der Waals surface area contributed by atoms with Gasteiger partial charge in [0.1, 0.15) is 12.9 Å². The second-order valence-corrected chi connectivity index (χ2v) is 5.03. The maximum atomic E-state index is 10.8. The summed E-state index contributed by atoms with van der Waals surface area (Å²) >= 11 is 0. The number of aliphatic hydroxyl groups is 1. The van der Waals surface area contributed by atoms with Crippen LogP contribution < -0.4 is 10.6 Å². The lowest BCUT2D eigenvalue weighted by atomic mass is 9.96. The molecular formula is C16H26N2O4. The van der Waals surface area contributed by atoms with Crippen molar-refractivity contribution in [1.82, 2.24) is 10.6 Å². The minimum Gasteiger partial charge on any atom is -0.479 e. The number of ether oxygens (including phenoxy) is 2. The van der Waals surface area contributed by atoms with Gasteiger partial charge in [-0.15, -0.1) is 0 Å². The fraction of sp³-hybridized carbons (Fsp3) is 0.562. The van der Waals surface area contributed by atoms with E-state index in [-0.39, 0.29) is 12.6 Å². The second kappa shape index (κ2) is 9.89. The molecule has 0 amide bonds. The smallest absolute Gasteiger partial charge is 0.333 e. The monoisotopic (exact) mass is 310 g/mol. The highest BCUT2D eigenvalue weighted by atomic mass is 16.5. The molecule has 6 nitrogen and oxygen atoms in total. The topological polar surface area (TPSA) is 79.8 Å². The maximum absolute atomic E-state index is 10.8. The highest BCUT2D eigenvalue weighted by molar-refractivity contribution is 5.85. The van der Waals surface area contributed by atoms with Crippen LogP contribution >= 0.6 is 0 Å². The van der Waals surface area contributed by atoms with Crippen LogP contribution in [0, 0.1) is 5.92 Å². The molecule has 2 aliphatic rings. The first-order valence-electron chi connectivity index (χ1n) is 7.59. The van der Waals surface area contributed by atoms with E-state index in [0.29, 0.717) is 19.3 Å². The van der Waals surface area contributed by atoms with Crippen LogP contribution in [0.4, 0.5) is 0 Å². The molecule has 2 aliphatic heterocycles. The van der Waals surface area contributed by atoms with Crippen LogP contribution in [0.15, 0.2) is 35.5 Å². The summed E-state index contributed by atoms with van der Waals surface area (Å²) in [5, 5.41) is 13.8. The van der Waals surface area contributed by atoms with Gasteiger partial charge in [0.05, 0.1) is 11.4 Å². The Kier molecular flexibility index (Phi) is 8.14. The number of allylic oxidation sites excluding steroid dienone is 1. The normalized spacial score (nSPS) is 21.4. The number of carbonyl (C=O) groups excluding carboxylic acids is 1. The number of hydrogen-bond acceptors (Lipinski definition) is 6. The van der Waals surface area contributed by atoms with Gasteiger partial charge in [0.2, 0.25) is 0 Å². The first-order valence-corrected chi connectivity index (χ1v) is 7.59. The third kappa shape index (κ3) is 5.81. The van der Waals surface area contributed by atoms with Gasteiger partial charge in [0, 0.05) is 24.8 Å². The Morgan fingerprint density at radius 1 is 1.55 bits per heavy atom. The Morgan fingerprint density at radius 2 is 2.27 bits per heavy atom. The van der Waals surface area contributed by atoms with E-state index in [1.165, 1.54) is 11.6 Å². The summed E-state index contributed by atoms with van der Waals surface area (Å²) < 4.78 is 10.2. The van der Waals surface area contributed by atoms with Crippen molar-refractivity contribution in [3.63, 3.8) is 0 Å². The van der Waals surface area contributed by atoms with Crippen molar-refractivity contribution in [3.8, 4) is 0 Å². The number of hydrogen-bond donors (Lipinski definition) is 3. The summed E-state index contributed by atoms with van der Waals surface area (Å²) in [7, 11) is 0. The van der Waals surface area contributed by atoms with Gasteiger partial charge < -0.3 is 25.2 Å². The van der Waals surface area contributed by atoms with Gasteiger partial charge in [0.15, 0.2) is 6.73 Å². The zero-order chi connectivity index (χ0) is 16.4. The zero-order valence-corrected chi connectivity index (χ0v) is 13.5. The molecular weight excluding hydrogens is 284 g/mol. The third-order valence-corrected chi connectivity index (χ3v) is 3.22. The SMILES string of the molecule is CCCC1C(C)=CN/C1=C\OCNC1=CC(=O)OC1.CCO. The van der Waals surface area contributed by atoms with Crippen LogP contribution in [-0.4, -0.2) is 31.0 Å². The van der Waals surface area contributed by atoms with Crippen molar-refractivity contribution in [1.29, 1.82) is 0 Å². The fourth-order valence-electron chi connectivity index (χ4n) is 2.17. The van der Waals surface area contributed by atoms with Crippen molar-refractivity contribution >= 4 is 5.97 Å². The van der Waals surface area contributed by atoms with Crippen LogP contribution in [0.3, 0.4) is 0 Å². The van der Waals surface area contributed by atoms with Gasteiger partial charge in [-0.25, -0.2) is 4.79 Å². The largest absolute Gasteiger partial charge is 0.479 e. The van der Waals surface area contributed by atoms with E-state index in [9.17, 15) is 4.79 Å². The van der Waals surface area contributed by atoms with Gasteiger partial charge in [-0.1, -0.05) is 13.3 Å². The molecule has 2 heterocycles. The summed E-state index contributed by atoms with van der Waals surface area (Å²) in [5.41, 5.74) is 3.18. The molecule has 3 N–H and O–H groups in total. The van der Waals surface area contributed by atoms with Crippen LogP contribution in [0.2, 0.25) is 0 Å².